The molecule has 0 unspecified atom stereocenters. The summed E-state index contributed by atoms with van der Waals surface area (Å²) in [7, 11) is 1.37. The molecule has 7 heteroatoms. The van der Waals surface area contributed by atoms with Gasteiger partial charge in [0.05, 0.1) is 20.1 Å². The first kappa shape index (κ1) is 17.6. The highest BCUT2D eigenvalue weighted by atomic mass is 35.5. The van der Waals surface area contributed by atoms with Gasteiger partial charge >= 0.3 is 5.97 Å². The van der Waals surface area contributed by atoms with E-state index in [1.807, 2.05) is 13.0 Å². The van der Waals surface area contributed by atoms with Gasteiger partial charge in [-0.15, -0.1) is 0 Å². The Morgan fingerprint density at radius 2 is 2.10 bits per heavy atom. The van der Waals surface area contributed by atoms with Crippen molar-refractivity contribution in [2.75, 3.05) is 20.2 Å². The smallest absolute Gasteiger partial charge is 0.307 e. The third-order valence-electron chi connectivity index (χ3n) is 2.62. The Balaban J connectivity index is 2.60. The van der Waals surface area contributed by atoms with Gasteiger partial charge in [0.25, 0.3) is 0 Å². The molecule has 0 amide bonds. The van der Waals surface area contributed by atoms with Crippen LogP contribution in [-0.4, -0.2) is 32.1 Å². The summed E-state index contributed by atoms with van der Waals surface area (Å²) in [4.78, 5) is 15.5. The first-order chi connectivity index (χ1) is 10.1. The molecule has 0 saturated carbocycles. The molecule has 0 atom stereocenters. The molecule has 0 bridgehead atoms. The van der Waals surface area contributed by atoms with E-state index >= 15 is 0 Å². The van der Waals surface area contributed by atoms with Crippen LogP contribution in [0.25, 0.3) is 0 Å². The molecule has 1 rings (SSSR count). The van der Waals surface area contributed by atoms with Crippen molar-refractivity contribution in [3.05, 3.63) is 33.8 Å². The van der Waals surface area contributed by atoms with Crippen LogP contribution in [-0.2, 0) is 16.1 Å². The van der Waals surface area contributed by atoms with Crippen molar-refractivity contribution in [2.45, 2.75) is 19.9 Å². The number of hydrogen-bond donors (Lipinski definition) is 2. The molecule has 21 heavy (non-hydrogen) atoms. The van der Waals surface area contributed by atoms with E-state index in [0.717, 1.165) is 12.1 Å². The van der Waals surface area contributed by atoms with Crippen molar-refractivity contribution >= 4 is 35.1 Å². The highest BCUT2D eigenvalue weighted by Crippen LogP contribution is 2.21. The van der Waals surface area contributed by atoms with E-state index < -0.39 is 0 Å². The minimum atomic E-state index is -0.265. The Bertz CT molecular complexity index is 507. The number of esters is 1. The Morgan fingerprint density at radius 1 is 1.33 bits per heavy atom. The lowest BCUT2D eigenvalue weighted by molar-refractivity contribution is -0.140. The summed E-state index contributed by atoms with van der Waals surface area (Å²) in [6.07, 6.45) is 0.280. The predicted octanol–water partition coefficient (Wildman–Crippen LogP) is 2.61. The standard InChI is InChI=1S/C14H19Cl2N3O2/c1-3-17-14(18-7-6-13(20)21-2)19-9-10-4-5-11(15)8-12(10)16/h4-5,8H,3,6-7,9H2,1-2H3,(H2,17,18,19). The second-order valence-electron chi connectivity index (χ2n) is 4.18. The maximum absolute atomic E-state index is 11.1. The molecule has 116 valence electrons. The molecule has 0 saturated heterocycles. The van der Waals surface area contributed by atoms with E-state index in [9.17, 15) is 4.79 Å². The van der Waals surface area contributed by atoms with Crippen LogP contribution < -0.4 is 10.6 Å². The van der Waals surface area contributed by atoms with Crippen molar-refractivity contribution in [2.24, 2.45) is 4.99 Å². The Morgan fingerprint density at radius 3 is 2.71 bits per heavy atom. The number of ether oxygens (including phenoxy) is 1. The largest absolute Gasteiger partial charge is 0.469 e. The van der Waals surface area contributed by atoms with E-state index in [0.29, 0.717) is 29.1 Å². The number of aliphatic imine (C=N–C) groups is 1. The van der Waals surface area contributed by atoms with Crippen LogP contribution in [0.5, 0.6) is 0 Å². The fraction of sp³-hybridized carbons (Fsp3) is 0.429. The molecular weight excluding hydrogens is 313 g/mol. The number of methoxy groups -OCH3 is 1. The number of halogens is 2. The van der Waals surface area contributed by atoms with Gasteiger partial charge < -0.3 is 15.4 Å². The molecule has 1 aromatic carbocycles. The first-order valence-corrected chi connectivity index (χ1v) is 7.35. The van der Waals surface area contributed by atoms with Gasteiger partial charge in [-0.2, -0.15) is 0 Å². The van der Waals surface area contributed by atoms with Crippen LogP contribution in [0.3, 0.4) is 0 Å². The molecule has 0 aliphatic carbocycles. The van der Waals surface area contributed by atoms with Crippen LogP contribution >= 0.6 is 23.2 Å². The van der Waals surface area contributed by atoms with Crippen molar-refractivity contribution in [3.63, 3.8) is 0 Å². The highest BCUT2D eigenvalue weighted by Gasteiger charge is 2.04. The zero-order valence-corrected chi connectivity index (χ0v) is 13.6. The normalized spacial score (nSPS) is 11.1. The molecule has 0 aliphatic heterocycles. The van der Waals surface area contributed by atoms with Crippen molar-refractivity contribution < 1.29 is 9.53 Å². The van der Waals surface area contributed by atoms with Gasteiger partial charge in [-0.25, -0.2) is 4.99 Å². The number of guanidine groups is 1. The third-order valence-corrected chi connectivity index (χ3v) is 3.20. The maximum atomic E-state index is 11.1. The Kier molecular flexibility index (Phi) is 7.93. The lowest BCUT2D eigenvalue weighted by Gasteiger charge is -2.11. The molecule has 0 spiro atoms. The van der Waals surface area contributed by atoms with Crippen LogP contribution in [0.2, 0.25) is 10.0 Å². The zero-order chi connectivity index (χ0) is 15.7. The number of hydrogen-bond acceptors (Lipinski definition) is 3. The molecule has 0 fully saturated rings. The summed E-state index contributed by atoms with van der Waals surface area (Å²) in [5.41, 5.74) is 0.881. The lowest BCUT2D eigenvalue weighted by Crippen LogP contribution is -2.38. The number of rotatable bonds is 6. The van der Waals surface area contributed by atoms with Crippen LogP contribution in [0.15, 0.2) is 23.2 Å². The van der Waals surface area contributed by atoms with E-state index in [1.54, 1.807) is 12.1 Å². The number of nitrogens with one attached hydrogen (secondary N) is 2. The average Bonchev–Trinajstić information content (AvgIpc) is 2.45. The molecule has 0 radical (unpaired) electrons. The van der Waals surface area contributed by atoms with Crippen LogP contribution in [0, 0.1) is 0 Å². The second kappa shape index (κ2) is 9.47. The molecule has 5 nitrogen and oxygen atoms in total. The summed E-state index contributed by atoms with van der Waals surface area (Å²) in [5, 5.41) is 7.32. The quantitative estimate of drug-likeness (QED) is 0.478. The van der Waals surface area contributed by atoms with Gasteiger partial charge in [-0.3, -0.25) is 4.79 Å². The highest BCUT2D eigenvalue weighted by molar-refractivity contribution is 6.35. The number of carbonyl (C=O) groups excluding carboxylic acids is 1. The van der Waals surface area contributed by atoms with Gasteiger partial charge in [0, 0.05) is 23.1 Å². The Labute approximate surface area is 134 Å². The maximum Gasteiger partial charge on any atom is 0.307 e. The fourth-order valence-corrected chi connectivity index (χ4v) is 2.01. The van der Waals surface area contributed by atoms with Gasteiger partial charge in [-0.05, 0) is 24.6 Å². The summed E-state index contributed by atoms with van der Waals surface area (Å²) in [5.74, 6) is 0.353. The molecular formula is C14H19Cl2N3O2. The van der Waals surface area contributed by atoms with Crippen molar-refractivity contribution in [1.29, 1.82) is 0 Å². The van der Waals surface area contributed by atoms with Crippen LogP contribution in [0.4, 0.5) is 0 Å². The molecule has 1 aromatic rings. The van der Waals surface area contributed by atoms with Gasteiger partial charge in [0.2, 0.25) is 0 Å². The number of benzene rings is 1. The first-order valence-electron chi connectivity index (χ1n) is 6.59. The van der Waals surface area contributed by atoms with Gasteiger partial charge in [0.15, 0.2) is 5.96 Å². The van der Waals surface area contributed by atoms with E-state index in [2.05, 4.69) is 20.4 Å². The SMILES string of the molecule is CCNC(=NCc1ccc(Cl)cc1Cl)NCCC(=O)OC. The number of nitrogens with zero attached hydrogens (tertiary/aromatic N) is 1. The summed E-state index contributed by atoms with van der Waals surface area (Å²) >= 11 is 12.0. The minimum absolute atomic E-state index is 0.265. The number of carbonyl (C=O) groups is 1. The summed E-state index contributed by atoms with van der Waals surface area (Å²) in [6, 6.07) is 5.30. The lowest BCUT2D eigenvalue weighted by atomic mass is 10.2. The zero-order valence-electron chi connectivity index (χ0n) is 12.1. The van der Waals surface area contributed by atoms with Crippen LogP contribution in [0.1, 0.15) is 18.9 Å². The molecule has 0 aromatic heterocycles. The van der Waals surface area contributed by atoms with E-state index in [-0.39, 0.29) is 12.4 Å². The Hall–Kier alpha value is -1.46. The van der Waals surface area contributed by atoms with E-state index in [4.69, 9.17) is 23.2 Å². The van der Waals surface area contributed by atoms with E-state index in [1.165, 1.54) is 7.11 Å². The average molecular weight is 332 g/mol. The predicted molar refractivity (Wildman–Crippen MR) is 85.9 cm³/mol. The van der Waals surface area contributed by atoms with Crippen molar-refractivity contribution in [1.82, 2.24) is 10.6 Å². The van der Waals surface area contributed by atoms with Gasteiger partial charge in [0.1, 0.15) is 0 Å². The molecule has 0 heterocycles. The van der Waals surface area contributed by atoms with Gasteiger partial charge in [-0.1, -0.05) is 29.3 Å². The monoisotopic (exact) mass is 331 g/mol. The molecule has 2 N–H and O–H groups in total. The summed E-state index contributed by atoms with van der Waals surface area (Å²) in [6.45, 7) is 3.56. The summed E-state index contributed by atoms with van der Waals surface area (Å²) < 4.78 is 4.58. The minimum Gasteiger partial charge on any atom is -0.469 e. The third kappa shape index (κ3) is 6.69. The fourth-order valence-electron chi connectivity index (χ4n) is 1.54. The molecule has 0 aliphatic rings. The topological polar surface area (TPSA) is 62.7 Å². The van der Waals surface area contributed by atoms with Crippen molar-refractivity contribution in [3.8, 4) is 0 Å². The second-order valence-corrected chi connectivity index (χ2v) is 5.03.